The summed E-state index contributed by atoms with van der Waals surface area (Å²) in [6.45, 7) is 2.28. The van der Waals surface area contributed by atoms with Crippen molar-refractivity contribution in [2.45, 2.75) is 13.5 Å². The average Bonchev–Trinajstić information content (AvgIpc) is 2.77. The van der Waals surface area contributed by atoms with Crippen molar-refractivity contribution in [2.24, 2.45) is 0 Å². The van der Waals surface area contributed by atoms with Gasteiger partial charge in [0.25, 0.3) is 5.91 Å². The molecule has 0 spiro atoms. The molecule has 1 aromatic heterocycles. The van der Waals surface area contributed by atoms with Gasteiger partial charge in [-0.2, -0.15) is 0 Å². The van der Waals surface area contributed by atoms with Crippen LogP contribution in [0.5, 0.6) is 0 Å². The van der Waals surface area contributed by atoms with Gasteiger partial charge in [-0.25, -0.2) is 5.48 Å². The molecule has 1 N–H and O–H groups in total. The van der Waals surface area contributed by atoms with Crippen LogP contribution in [-0.2, 0) is 11.4 Å². The SMILES string of the molecule is Cc1ccsc1C(=O)NOCc1ccccc1. The lowest BCUT2D eigenvalue weighted by molar-refractivity contribution is 0.0236. The van der Waals surface area contributed by atoms with E-state index in [1.807, 2.05) is 48.7 Å². The molecular formula is C13H13NO2S. The number of hydroxylamine groups is 1. The smallest absolute Gasteiger partial charge is 0.269 e. The van der Waals surface area contributed by atoms with E-state index >= 15 is 0 Å². The van der Waals surface area contributed by atoms with E-state index in [1.165, 1.54) is 11.3 Å². The molecular weight excluding hydrogens is 234 g/mol. The number of nitrogens with one attached hydrogen (secondary N) is 1. The zero-order valence-electron chi connectivity index (χ0n) is 9.47. The minimum absolute atomic E-state index is 0.187. The summed E-state index contributed by atoms with van der Waals surface area (Å²) in [5.41, 5.74) is 4.44. The molecule has 1 aromatic carbocycles. The summed E-state index contributed by atoms with van der Waals surface area (Å²) in [6.07, 6.45) is 0. The van der Waals surface area contributed by atoms with E-state index in [0.717, 1.165) is 11.1 Å². The number of hydrogen-bond donors (Lipinski definition) is 1. The summed E-state index contributed by atoms with van der Waals surface area (Å²) in [4.78, 5) is 17.6. The molecule has 0 bridgehead atoms. The van der Waals surface area contributed by atoms with Crippen LogP contribution < -0.4 is 5.48 Å². The molecule has 1 amide bonds. The molecule has 17 heavy (non-hydrogen) atoms. The second-order valence-electron chi connectivity index (χ2n) is 3.64. The molecule has 2 rings (SSSR count). The molecule has 0 saturated carbocycles. The summed E-state index contributed by atoms with van der Waals surface area (Å²) in [6, 6.07) is 11.6. The van der Waals surface area contributed by atoms with E-state index in [1.54, 1.807) is 0 Å². The zero-order chi connectivity index (χ0) is 12.1. The maximum absolute atomic E-state index is 11.7. The van der Waals surface area contributed by atoms with Crippen molar-refractivity contribution >= 4 is 17.2 Å². The first-order chi connectivity index (χ1) is 8.27. The van der Waals surface area contributed by atoms with Gasteiger partial charge in [-0.05, 0) is 29.5 Å². The Labute approximate surface area is 104 Å². The van der Waals surface area contributed by atoms with Gasteiger partial charge in [-0.1, -0.05) is 30.3 Å². The Hall–Kier alpha value is -1.65. The average molecular weight is 247 g/mol. The summed E-state index contributed by atoms with van der Waals surface area (Å²) >= 11 is 1.41. The number of carbonyl (C=O) groups excluding carboxylic acids is 1. The minimum atomic E-state index is -0.187. The van der Waals surface area contributed by atoms with Gasteiger partial charge in [0.05, 0.1) is 11.5 Å². The fourth-order valence-electron chi connectivity index (χ4n) is 1.41. The summed E-state index contributed by atoms with van der Waals surface area (Å²) in [5.74, 6) is -0.187. The van der Waals surface area contributed by atoms with Crippen LogP contribution in [0, 0.1) is 6.92 Å². The predicted octanol–water partition coefficient (Wildman–Crippen LogP) is 2.92. The highest BCUT2D eigenvalue weighted by Gasteiger charge is 2.09. The maximum Gasteiger partial charge on any atom is 0.285 e. The molecule has 0 aliphatic rings. The fourth-order valence-corrected chi connectivity index (χ4v) is 2.22. The summed E-state index contributed by atoms with van der Waals surface area (Å²) in [7, 11) is 0. The zero-order valence-corrected chi connectivity index (χ0v) is 10.3. The monoisotopic (exact) mass is 247 g/mol. The lowest BCUT2D eigenvalue weighted by atomic mass is 10.2. The molecule has 0 atom stereocenters. The number of carbonyl (C=O) groups is 1. The Kier molecular flexibility index (Phi) is 3.90. The fraction of sp³-hybridized carbons (Fsp3) is 0.154. The van der Waals surface area contributed by atoms with Crippen molar-refractivity contribution in [3.05, 3.63) is 57.8 Å². The molecule has 3 nitrogen and oxygen atoms in total. The van der Waals surface area contributed by atoms with E-state index in [9.17, 15) is 4.79 Å². The Bertz CT molecular complexity index is 493. The second kappa shape index (κ2) is 5.61. The Morgan fingerprint density at radius 2 is 2.06 bits per heavy atom. The number of hydrogen-bond acceptors (Lipinski definition) is 3. The Balaban J connectivity index is 1.84. The highest BCUT2D eigenvalue weighted by Crippen LogP contribution is 2.15. The van der Waals surface area contributed by atoms with E-state index in [-0.39, 0.29) is 5.91 Å². The van der Waals surface area contributed by atoms with E-state index in [0.29, 0.717) is 11.5 Å². The third kappa shape index (κ3) is 3.15. The molecule has 0 aliphatic heterocycles. The van der Waals surface area contributed by atoms with Crippen LogP contribution in [0.1, 0.15) is 20.8 Å². The molecule has 0 aliphatic carbocycles. The van der Waals surface area contributed by atoms with E-state index < -0.39 is 0 Å². The molecule has 2 aromatic rings. The van der Waals surface area contributed by atoms with E-state index in [4.69, 9.17) is 4.84 Å². The van der Waals surface area contributed by atoms with Crippen molar-refractivity contribution in [3.63, 3.8) is 0 Å². The van der Waals surface area contributed by atoms with Crippen molar-refractivity contribution in [1.29, 1.82) is 0 Å². The predicted molar refractivity (Wildman–Crippen MR) is 67.8 cm³/mol. The number of rotatable bonds is 4. The quantitative estimate of drug-likeness (QED) is 0.844. The minimum Gasteiger partial charge on any atom is -0.269 e. The van der Waals surface area contributed by atoms with Crippen LogP contribution in [0.4, 0.5) is 0 Å². The topological polar surface area (TPSA) is 38.3 Å². The van der Waals surface area contributed by atoms with Gasteiger partial charge < -0.3 is 0 Å². The van der Waals surface area contributed by atoms with Crippen LogP contribution >= 0.6 is 11.3 Å². The van der Waals surface area contributed by atoms with Crippen LogP contribution in [0.15, 0.2) is 41.8 Å². The molecule has 88 valence electrons. The molecule has 4 heteroatoms. The van der Waals surface area contributed by atoms with Crippen LogP contribution in [-0.4, -0.2) is 5.91 Å². The summed E-state index contributed by atoms with van der Waals surface area (Å²) < 4.78 is 0. The first-order valence-electron chi connectivity index (χ1n) is 5.27. The summed E-state index contributed by atoms with van der Waals surface area (Å²) in [5, 5.41) is 1.89. The normalized spacial score (nSPS) is 10.2. The lowest BCUT2D eigenvalue weighted by Gasteiger charge is -2.05. The van der Waals surface area contributed by atoms with E-state index in [2.05, 4.69) is 5.48 Å². The van der Waals surface area contributed by atoms with Crippen LogP contribution in [0.25, 0.3) is 0 Å². The van der Waals surface area contributed by atoms with Gasteiger partial charge in [0.15, 0.2) is 0 Å². The highest BCUT2D eigenvalue weighted by atomic mass is 32.1. The van der Waals surface area contributed by atoms with Gasteiger partial charge in [-0.15, -0.1) is 11.3 Å². The first kappa shape index (κ1) is 11.8. The second-order valence-corrected chi connectivity index (χ2v) is 4.55. The van der Waals surface area contributed by atoms with Crippen molar-refractivity contribution < 1.29 is 9.63 Å². The maximum atomic E-state index is 11.7. The van der Waals surface area contributed by atoms with Crippen LogP contribution in [0.3, 0.4) is 0 Å². The van der Waals surface area contributed by atoms with Gasteiger partial charge in [0.2, 0.25) is 0 Å². The molecule has 0 radical (unpaired) electrons. The number of thiophene rings is 1. The Morgan fingerprint density at radius 1 is 1.29 bits per heavy atom. The third-order valence-electron chi connectivity index (χ3n) is 2.31. The number of aryl methyl sites for hydroxylation is 1. The van der Waals surface area contributed by atoms with Gasteiger partial charge in [-0.3, -0.25) is 9.63 Å². The number of benzene rings is 1. The lowest BCUT2D eigenvalue weighted by Crippen LogP contribution is -2.23. The molecule has 0 saturated heterocycles. The molecule has 0 fully saturated rings. The van der Waals surface area contributed by atoms with Crippen LogP contribution in [0.2, 0.25) is 0 Å². The molecule has 1 heterocycles. The highest BCUT2D eigenvalue weighted by molar-refractivity contribution is 7.12. The van der Waals surface area contributed by atoms with Gasteiger partial charge in [0.1, 0.15) is 0 Å². The standard InChI is InChI=1S/C13H13NO2S/c1-10-7-8-17-12(10)13(15)14-16-9-11-5-3-2-4-6-11/h2-8H,9H2,1H3,(H,14,15). The largest absolute Gasteiger partial charge is 0.285 e. The van der Waals surface area contributed by atoms with Crippen molar-refractivity contribution in [2.75, 3.05) is 0 Å². The van der Waals surface area contributed by atoms with Gasteiger partial charge in [0, 0.05) is 0 Å². The van der Waals surface area contributed by atoms with Gasteiger partial charge >= 0.3 is 0 Å². The molecule has 0 unspecified atom stereocenters. The third-order valence-corrected chi connectivity index (χ3v) is 3.33. The van der Waals surface area contributed by atoms with Crippen molar-refractivity contribution in [3.8, 4) is 0 Å². The Morgan fingerprint density at radius 3 is 2.71 bits per heavy atom. The first-order valence-corrected chi connectivity index (χ1v) is 6.15. The van der Waals surface area contributed by atoms with Crippen molar-refractivity contribution in [1.82, 2.24) is 5.48 Å². The number of amides is 1.